The normalized spacial score (nSPS) is 11.1. The molecule has 0 aromatic carbocycles. The summed E-state index contributed by atoms with van der Waals surface area (Å²) in [7, 11) is 1.51. The Labute approximate surface area is 126 Å². The van der Waals surface area contributed by atoms with Crippen molar-refractivity contribution < 1.29 is 18.4 Å². The average molecular weight is 309 g/mol. The van der Waals surface area contributed by atoms with E-state index in [-0.39, 0.29) is 18.7 Å². The topological polar surface area (TPSA) is 74.8 Å². The molecule has 2 rings (SSSR count). The molecular formula is C15H17F2N3O2. The van der Waals surface area contributed by atoms with E-state index in [9.17, 15) is 18.4 Å². The summed E-state index contributed by atoms with van der Waals surface area (Å²) in [5.74, 6) is -1.38. The van der Waals surface area contributed by atoms with Crippen LogP contribution in [-0.4, -0.2) is 35.1 Å². The first-order chi connectivity index (χ1) is 10.4. The van der Waals surface area contributed by atoms with Gasteiger partial charge in [0.25, 0.3) is 12.3 Å². The summed E-state index contributed by atoms with van der Waals surface area (Å²) in [6, 6.07) is 3.63. The van der Waals surface area contributed by atoms with Gasteiger partial charge in [-0.1, -0.05) is 0 Å². The van der Waals surface area contributed by atoms with Crippen LogP contribution in [0.5, 0.6) is 0 Å². The van der Waals surface area contributed by atoms with Gasteiger partial charge in [0.2, 0.25) is 0 Å². The molecular weight excluding hydrogens is 292 g/mol. The predicted octanol–water partition coefficient (Wildman–Crippen LogP) is 2.39. The molecule has 1 amide bonds. The van der Waals surface area contributed by atoms with Gasteiger partial charge in [-0.3, -0.25) is 14.6 Å². The minimum Gasteiger partial charge on any atom is -0.354 e. The smallest absolute Gasteiger partial charge is 0.295 e. The molecule has 2 aromatic rings. The summed E-state index contributed by atoms with van der Waals surface area (Å²) < 4.78 is 24.5. The molecule has 0 fully saturated rings. The van der Waals surface area contributed by atoms with Crippen LogP contribution < -0.4 is 5.32 Å². The Morgan fingerprint density at radius 1 is 1.36 bits per heavy atom. The van der Waals surface area contributed by atoms with E-state index in [0.717, 1.165) is 5.69 Å². The highest BCUT2D eigenvalue weighted by Gasteiger charge is 2.19. The molecule has 2 heterocycles. The molecule has 0 aliphatic rings. The quantitative estimate of drug-likeness (QED) is 0.860. The van der Waals surface area contributed by atoms with Crippen LogP contribution in [0, 0.1) is 6.92 Å². The zero-order chi connectivity index (χ0) is 16.3. The number of aromatic nitrogens is 2. The molecule has 0 aliphatic carbocycles. The molecule has 0 saturated heterocycles. The van der Waals surface area contributed by atoms with Crippen molar-refractivity contribution in [3.63, 3.8) is 0 Å². The number of Topliss-reactive ketones (excluding diaryl/α,β-unsaturated/α-hetero) is 1. The second-order valence-electron chi connectivity index (χ2n) is 5.03. The van der Waals surface area contributed by atoms with E-state index in [1.165, 1.54) is 7.05 Å². The fraction of sp³-hybridized carbons (Fsp3) is 0.400. The van der Waals surface area contributed by atoms with Crippen LogP contribution in [0.1, 0.15) is 34.6 Å². The first-order valence-electron chi connectivity index (χ1n) is 6.95. The number of amides is 1. The predicted molar refractivity (Wildman–Crippen MR) is 78.2 cm³/mol. The Balaban J connectivity index is 2.30. The second-order valence-corrected chi connectivity index (χ2v) is 5.03. The Bertz CT molecular complexity index is 710. The third-order valence-electron chi connectivity index (χ3n) is 3.43. The number of H-pyrrole nitrogens is 1. The van der Waals surface area contributed by atoms with E-state index in [4.69, 9.17) is 0 Å². The van der Waals surface area contributed by atoms with Crippen molar-refractivity contribution >= 4 is 22.7 Å². The molecule has 2 N–H and O–H groups in total. The number of carbonyl (C=O) groups excluding carboxylic acids is 2. The molecule has 0 unspecified atom stereocenters. The van der Waals surface area contributed by atoms with Crippen LogP contribution in [0.15, 0.2) is 12.1 Å². The van der Waals surface area contributed by atoms with Gasteiger partial charge in [-0.25, -0.2) is 8.78 Å². The maximum atomic E-state index is 12.2. The average Bonchev–Trinajstić information content (AvgIpc) is 2.84. The van der Waals surface area contributed by atoms with E-state index in [0.29, 0.717) is 28.7 Å². The van der Waals surface area contributed by atoms with E-state index < -0.39 is 12.2 Å². The first-order valence-corrected chi connectivity index (χ1v) is 6.95. The standard InChI is InChI=1S/C15H17F2N3O2/c1-8-6-7-10-12(19-8)9(13(20-10)15(22)18-2)4-3-5-11(21)14(16)17/h6-7,14,20H,3-5H2,1-2H3,(H,18,22). The number of halogens is 2. The summed E-state index contributed by atoms with van der Waals surface area (Å²) in [6.45, 7) is 1.83. The molecule has 0 atom stereocenters. The lowest BCUT2D eigenvalue weighted by Crippen LogP contribution is -2.20. The molecule has 0 bridgehead atoms. The van der Waals surface area contributed by atoms with Crippen LogP contribution in [0.4, 0.5) is 8.78 Å². The monoisotopic (exact) mass is 309 g/mol. The third-order valence-corrected chi connectivity index (χ3v) is 3.43. The van der Waals surface area contributed by atoms with Gasteiger partial charge in [0.1, 0.15) is 5.69 Å². The van der Waals surface area contributed by atoms with Gasteiger partial charge in [0.05, 0.1) is 11.0 Å². The zero-order valence-corrected chi connectivity index (χ0v) is 12.4. The van der Waals surface area contributed by atoms with Gasteiger partial charge in [-0.2, -0.15) is 0 Å². The fourth-order valence-corrected chi connectivity index (χ4v) is 2.33. The third kappa shape index (κ3) is 3.29. The van der Waals surface area contributed by atoms with Gasteiger partial charge in [0.15, 0.2) is 5.78 Å². The Morgan fingerprint density at radius 3 is 2.73 bits per heavy atom. The highest BCUT2D eigenvalue weighted by Crippen LogP contribution is 2.23. The van der Waals surface area contributed by atoms with Crippen LogP contribution in [0.2, 0.25) is 0 Å². The minimum atomic E-state index is -2.94. The first kappa shape index (κ1) is 16.1. The van der Waals surface area contributed by atoms with E-state index in [1.807, 2.05) is 19.1 Å². The van der Waals surface area contributed by atoms with Crippen LogP contribution in [0.3, 0.4) is 0 Å². The maximum absolute atomic E-state index is 12.2. The summed E-state index contributed by atoms with van der Waals surface area (Å²) in [5, 5.41) is 2.53. The van der Waals surface area contributed by atoms with Gasteiger partial charge in [-0.05, 0) is 31.9 Å². The summed E-state index contributed by atoms with van der Waals surface area (Å²) >= 11 is 0. The van der Waals surface area contributed by atoms with Crippen molar-refractivity contribution in [2.24, 2.45) is 0 Å². The lowest BCUT2D eigenvalue weighted by Gasteiger charge is -2.04. The Hall–Kier alpha value is -2.31. The van der Waals surface area contributed by atoms with Crippen molar-refractivity contribution in [2.75, 3.05) is 7.05 Å². The number of alkyl halides is 2. The maximum Gasteiger partial charge on any atom is 0.295 e. The number of ketones is 1. The second kappa shape index (κ2) is 6.64. The largest absolute Gasteiger partial charge is 0.354 e. The lowest BCUT2D eigenvalue weighted by atomic mass is 10.0. The molecule has 118 valence electrons. The number of hydrogen-bond donors (Lipinski definition) is 2. The number of carbonyl (C=O) groups is 2. The number of fused-ring (bicyclic) bond motifs is 1. The van der Waals surface area contributed by atoms with Crippen LogP contribution in [0.25, 0.3) is 11.0 Å². The number of hydrogen-bond acceptors (Lipinski definition) is 3. The SMILES string of the molecule is CNC(=O)c1[nH]c2ccc(C)nc2c1CCCC(=O)C(F)F. The van der Waals surface area contributed by atoms with E-state index >= 15 is 0 Å². The highest BCUT2D eigenvalue weighted by molar-refractivity contribution is 5.99. The van der Waals surface area contributed by atoms with Gasteiger partial charge < -0.3 is 10.3 Å². The zero-order valence-electron chi connectivity index (χ0n) is 12.4. The number of nitrogens with zero attached hydrogens (tertiary/aromatic N) is 1. The van der Waals surface area contributed by atoms with Crippen molar-refractivity contribution in [1.29, 1.82) is 0 Å². The highest BCUT2D eigenvalue weighted by atomic mass is 19.3. The fourth-order valence-electron chi connectivity index (χ4n) is 2.33. The molecule has 0 radical (unpaired) electrons. The molecule has 22 heavy (non-hydrogen) atoms. The van der Waals surface area contributed by atoms with Gasteiger partial charge >= 0.3 is 0 Å². The lowest BCUT2D eigenvalue weighted by molar-refractivity contribution is -0.129. The number of aromatic amines is 1. The number of rotatable bonds is 6. The number of pyridine rings is 1. The molecule has 2 aromatic heterocycles. The Morgan fingerprint density at radius 2 is 2.09 bits per heavy atom. The summed E-state index contributed by atoms with van der Waals surface area (Å²) in [4.78, 5) is 30.3. The molecule has 0 saturated carbocycles. The van der Waals surface area contributed by atoms with Gasteiger partial charge in [-0.15, -0.1) is 0 Å². The van der Waals surface area contributed by atoms with Crippen molar-refractivity contribution in [1.82, 2.24) is 15.3 Å². The summed E-state index contributed by atoms with van der Waals surface area (Å²) in [5.41, 5.74) is 3.16. The number of aryl methyl sites for hydroxylation is 2. The number of nitrogens with one attached hydrogen (secondary N) is 2. The van der Waals surface area contributed by atoms with Crippen molar-refractivity contribution in [3.8, 4) is 0 Å². The van der Waals surface area contributed by atoms with Crippen LogP contribution >= 0.6 is 0 Å². The van der Waals surface area contributed by atoms with E-state index in [2.05, 4.69) is 15.3 Å². The summed E-state index contributed by atoms with van der Waals surface area (Å²) in [6.07, 6.45) is -2.58. The minimum absolute atomic E-state index is 0.219. The van der Waals surface area contributed by atoms with Crippen molar-refractivity contribution in [2.45, 2.75) is 32.6 Å². The Kier molecular flexibility index (Phi) is 4.85. The van der Waals surface area contributed by atoms with Crippen LogP contribution in [-0.2, 0) is 11.2 Å². The molecule has 5 nitrogen and oxygen atoms in total. The molecule has 0 spiro atoms. The molecule has 0 aliphatic heterocycles. The van der Waals surface area contributed by atoms with Crippen molar-refractivity contribution in [3.05, 3.63) is 29.1 Å². The van der Waals surface area contributed by atoms with E-state index in [1.54, 1.807) is 0 Å². The van der Waals surface area contributed by atoms with Gasteiger partial charge in [0, 0.05) is 24.7 Å². The molecule has 7 heteroatoms.